The monoisotopic (exact) mass is 287 g/mol. The van der Waals surface area contributed by atoms with Gasteiger partial charge in [0, 0.05) is 19.1 Å². The molecule has 0 bridgehead atoms. The summed E-state index contributed by atoms with van der Waals surface area (Å²) >= 11 is 0. The van der Waals surface area contributed by atoms with Crippen molar-refractivity contribution >= 4 is 12.0 Å². The Morgan fingerprint density at radius 2 is 1.95 bits per heavy atom. The number of nitrogens with one attached hydrogen (secondary N) is 2. The summed E-state index contributed by atoms with van der Waals surface area (Å²) in [5.74, 6) is -1.01. The molecule has 0 aromatic rings. The van der Waals surface area contributed by atoms with Gasteiger partial charge >= 0.3 is 12.0 Å². The Labute approximate surface area is 121 Å². The van der Waals surface area contributed by atoms with Gasteiger partial charge in [0.2, 0.25) is 0 Å². The minimum Gasteiger partial charge on any atom is -0.480 e. The van der Waals surface area contributed by atoms with E-state index >= 15 is 0 Å². The van der Waals surface area contributed by atoms with Crippen molar-refractivity contribution in [2.24, 2.45) is 0 Å². The number of amides is 2. The Hall–Kier alpha value is -1.30. The zero-order valence-corrected chi connectivity index (χ0v) is 13.3. The SMILES string of the molecule is CCCC(C)(NC(=O)NCCN(C)C(C)CC)C(=O)O. The Morgan fingerprint density at radius 3 is 2.40 bits per heavy atom. The van der Waals surface area contributed by atoms with E-state index in [2.05, 4.69) is 29.4 Å². The fourth-order valence-corrected chi connectivity index (χ4v) is 1.90. The quantitative estimate of drug-likeness (QED) is 0.602. The van der Waals surface area contributed by atoms with Gasteiger partial charge in [0.15, 0.2) is 0 Å². The summed E-state index contributed by atoms with van der Waals surface area (Å²) in [4.78, 5) is 25.1. The minimum absolute atomic E-state index is 0.405. The van der Waals surface area contributed by atoms with Crippen LogP contribution < -0.4 is 10.6 Å². The van der Waals surface area contributed by atoms with Gasteiger partial charge in [-0.2, -0.15) is 0 Å². The first-order chi connectivity index (χ1) is 9.26. The van der Waals surface area contributed by atoms with Crippen LogP contribution in [0.5, 0.6) is 0 Å². The standard InChI is InChI=1S/C14H29N3O3/c1-6-8-14(4,12(18)19)16-13(20)15-9-10-17(5)11(3)7-2/h11H,6-10H2,1-5H3,(H,18,19)(H2,15,16,20). The zero-order chi connectivity index (χ0) is 15.8. The molecule has 0 heterocycles. The second kappa shape index (κ2) is 8.79. The summed E-state index contributed by atoms with van der Waals surface area (Å²) in [6.07, 6.45) is 2.15. The lowest BCUT2D eigenvalue weighted by Crippen LogP contribution is -2.55. The van der Waals surface area contributed by atoms with Crippen LogP contribution in [0.1, 0.15) is 47.0 Å². The number of likely N-dealkylation sites (N-methyl/N-ethyl adjacent to an activating group) is 1. The van der Waals surface area contributed by atoms with Crippen molar-refractivity contribution in [3.05, 3.63) is 0 Å². The van der Waals surface area contributed by atoms with Crippen molar-refractivity contribution in [2.75, 3.05) is 20.1 Å². The highest BCUT2D eigenvalue weighted by Gasteiger charge is 2.33. The average molecular weight is 287 g/mol. The van der Waals surface area contributed by atoms with Crippen LogP contribution in [0.4, 0.5) is 4.79 Å². The van der Waals surface area contributed by atoms with E-state index in [9.17, 15) is 14.7 Å². The summed E-state index contributed by atoms with van der Waals surface area (Å²) in [6.45, 7) is 8.90. The second-order valence-corrected chi connectivity index (χ2v) is 5.51. The fraction of sp³-hybridized carbons (Fsp3) is 0.857. The van der Waals surface area contributed by atoms with Gasteiger partial charge in [-0.05, 0) is 33.7 Å². The molecule has 6 heteroatoms. The maximum absolute atomic E-state index is 11.8. The topological polar surface area (TPSA) is 81.7 Å². The first-order valence-electron chi connectivity index (χ1n) is 7.26. The maximum atomic E-state index is 11.8. The molecule has 20 heavy (non-hydrogen) atoms. The number of carboxylic acid groups (broad SMARTS) is 1. The Kier molecular flexibility index (Phi) is 8.22. The van der Waals surface area contributed by atoms with E-state index in [1.54, 1.807) is 0 Å². The first-order valence-corrected chi connectivity index (χ1v) is 7.26. The van der Waals surface area contributed by atoms with E-state index < -0.39 is 17.5 Å². The number of carbonyl (C=O) groups is 2. The van der Waals surface area contributed by atoms with Crippen molar-refractivity contribution < 1.29 is 14.7 Å². The first kappa shape index (κ1) is 18.7. The second-order valence-electron chi connectivity index (χ2n) is 5.51. The van der Waals surface area contributed by atoms with Gasteiger partial charge in [-0.15, -0.1) is 0 Å². The number of urea groups is 1. The number of hydrogen-bond acceptors (Lipinski definition) is 3. The van der Waals surface area contributed by atoms with E-state index in [0.29, 0.717) is 25.4 Å². The minimum atomic E-state index is -1.21. The molecule has 2 amide bonds. The summed E-state index contributed by atoms with van der Waals surface area (Å²) < 4.78 is 0. The van der Waals surface area contributed by atoms with Gasteiger partial charge in [-0.3, -0.25) is 0 Å². The smallest absolute Gasteiger partial charge is 0.329 e. The fourth-order valence-electron chi connectivity index (χ4n) is 1.90. The Balaban J connectivity index is 4.19. The van der Waals surface area contributed by atoms with E-state index in [1.807, 2.05) is 14.0 Å². The lowest BCUT2D eigenvalue weighted by molar-refractivity contribution is -0.144. The van der Waals surface area contributed by atoms with Crippen molar-refractivity contribution in [3.63, 3.8) is 0 Å². The average Bonchev–Trinajstić information content (AvgIpc) is 2.37. The van der Waals surface area contributed by atoms with Crippen LogP contribution in [0.3, 0.4) is 0 Å². The number of nitrogens with zero attached hydrogens (tertiary/aromatic N) is 1. The number of rotatable bonds is 9. The van der Waals surface area contributed by atoms with Crippen molar-refractivity contribution in [1.82, 2.24) is 15.5 Å². The van der Waals surface area contributed by atoms with Crippen LogP contribution in [-0.4, -0.2) is 53.7 Å². The molecule has 6 nitrogen and oxygen atoms in total. The lowest BCUT2D eigenvalue weighted by atomic mass is 9.97. The number of aliphatic carboxylic acids is 1. The van der Waals surface area contributed by atoms with Crippen LogP contribution in [0.2, 0.25) is 0 Å². The van der Waals surface area contributed by atoms with Crippen molar-refractivity contribution in [1.29, 1.82) is 0 Å². The largest absolute Gasteiger partial charge is 0.480 e. The molecule has 0 aromatic carbocycles. The highest BCUT2D eigenvalue weighted by atomic mass is 16.4. The molecule has 0 spiro atoms. The molecule has 0 rings (SSSR count). The molecule has 0 aromatic heterocycles. The molecule has 118 valence electrons. The molecule has 3 N–H and O–H groups in total. The zero-order valence-electron chi connectivity index (χ0n) is 13.3. The number of carbonyl (C=O) groups excluding carboxylic acids is 1. The molecule has 2 unspecified atom stereocenters. The molecule has 2 atom stereocenters. The van der Waals surface area contributed by atoms with E-state index in [4.69, 9.17) is 0 Å². The van der Waals surface area contributed by atoms with Gasteiger partial charge < -0.3 is 20.6 Å². The molecule has 0 fully saturated rings. The highest BCUT2D eigenvalue weighted by Crippen LogP contribution is 2.12. The van der Waals surface area contributed by atoms with Crippen LogP contribution in [-0.2, 0) is 4.79 Å². The molecule has 0 saturated carbocycles. The molecular weight excluding hydrogens is 258 g/mol. The van der Waals surface area contributed by atoms with Gasteiger partial charge in [-0.25, -0.2) is 9.59 Å². The lowest BCUT2D eigenvalue weighted by Gasteiger charge is -2.27. The van der Waals surface area contributed by atoms with Gasteiger partial charge in [-0.1, -0.05) is 20.3 Å². The Bertz CT molecular complexity index is 323. The predicted octanol–water partition coefficient (Wildman–Crippen LogP) is 1.66. The van der Waals surface area contributed by atoms with E-state index in [-0.39, 0.29) is 0 Å². The molecule has 0 saturated heterocycles. The summed E-state index contributed by atoms with van der Waals surface area (Å²) in [5, 5.41) is 14.4. The maximum Gasteiger partial charge on any atom is 0.329 e. The third-order valence-corrected chi connectivity index (χ3v) is 3.70. The molecular formula is C14H29N3O3. The Morgan fingerprint density at radius 1 is 1.35 bits per heavy atom. The van der Waals surface area contributed by atoms with Crippen LogP contribution in [0.25, 0.3) is 0 Å². The van der Waals surface area contributed by atoms with Crippen LogP contribution in [0, 0.1) is 0 Å². The summed E-state index contributed by atoms with van der Waals surface area (Å²) in [7, 11) is 2.01. The predicted molar refractivity (Wildman–Crippen MR) is 79.9 cm³/mol. The van der Waals surface area contributed by atoms with Gasteiger partial charge in [0.05, 0.1) is 0 Å². The van der Waals surface area contributed by atoms with E-state index in [1.165, 1.54) is 6.92 Å². The van der Waals surface area contributed by atoms with E-state index in [0.717, 1.165) is 13.0 Å². The summed E-state index contributed by atoms with van der Waals surface area (Å²) in [5.41, 5.74) is -1.21. The van der Waals surface area contributed by atoms with Gasteiger partial charge in [0.25, 0.3) is 0 Å². The van der Waals surface area contributed by atoms with Gasteiger partial charge in [0.1, 0.15) is 5.54 Å². The van der Waals surface area contributed by atoms with Crippen molar-refractivity contribution in [3.8, 4) is 0 Å². The third-order valence-electron chi connectivity index (χ3n) is 3.70. The van der Waals surface area contributed by atoms with Crippen LogP contribution >= 0.6 is 0 Å². The number of carboxylic acids is 1. The normalized spacial score (nSPS) is 15.5. The highest BCUT2D eigenvalue weighted by molar-refractivity contribution is 5.85. The van der Waals surface area contributed by atoms with Crippen molar-refractivity contribution in [2.45, 2.75) is 58.5 Å². The molecule has 0 radical (unpaired) electrons. The van der Waals surface area contributed by atoms with Crippen LogP contribution in [0.15, 0.2) is 0 Å². The third kappa shape index (κ3) is 6.23. The number of hydrogen-bond donors (Lipinski definition) is 3. The molecule has 0 aliphatic heterocycles. The molecule has 0 aliphatic rings. The molecule has 0 aliphatic carbocycles. The summed E-state index contributed by atoms with van der Waals surface area (Å²) in [6, 6.07) is 0.0325.